The molecule has 9 N–H and O–H groups in total. The third kappa shape index (κ3) is 51.4. The number of unbranched alkanes of at least 4 members (excludes halogenated alkanes) is 14. The van der Waals surface area contributed by atoms with Crippen LogP contribution in [0, 0.1) is 5.92 Å². The number of carboxylic acid groups (broad SMARTS) is 4. The van der Waals surface area contributed by atoms with Crippen LogP contribution in [0.4, 0.5) is 0 Å². The molecule has 3 atom stereocenters. The molecule has 0 spiro atoms. The maximum Gasteiger partial charge on any atom is 0.326 e. The number of hydrogen-bond donors (Lipinski definition) is 9. The standard InChI is InChI=1S/C34H63N3O9.C15H26N2O7.CH2O2/c1-3-5-6-7-8-9-10-11-12-13-14-15-16-17-18-19-31(39)36-29(34(43)44)21-23-32(40)37-28(33(41)42)20-22-30(38)35-24-25-46-27-26-45-4-2;1-11(2)13(19)4-3-12(15(21)22)17-14(20)9-24-8-7-23-6-5-16-10-18;2-1-3/h28-29H,3-27H2,1-2H3,(H,35,38)(H,36,39)(H,37,40)(H,41,42)(H,43,44);10-12H,3-9H2,1-2H3,(H,16,18)(H,17,20)(H,21,22);1H,(H,2,3)/t28?,29-;12-;/m00./s1. The number of nitrogens with one attached hydrogen (secondary N) is 5. The minimum absolute atomic E-state index is 0.0466. The molecule has 0 aromatic carbocycles. The van der Waals surface area contributed by atoms with Crippen molar-refractivity contribution < 1.29 is 87.3 Å². The van der Waals surface area contributed by atoms with Crippen molar-refractivity contribution in [3.63, 3.8) is 0 Å². The predicted octanol–water partition coefficient (Wildman–Crippen LogP) is 4.16. The van der Waals surface area contributed by atoms with Crippen LogP contribution in [0.15, 0.2) is 0 Å². The van der Waals surface area contributed by atoms with Crippen molar-refractivity contribution in [3.05, 3.63) is 0 Å². The highest BCUT2D eigenvalue weighted by atomic mass is 16.5. The van der Waals surface area contributed by atoms with Crippen LogP contribution in [0.25, 0.3) is 0 Å². The van der Waals surface area contributed by atoms with Crippen LogP contribution in [0.3, 0.4) is 0 Å². The number of carbonyl (C=O) groups excluding carboxylic acids is 6. The second-order valence-electron chi connectivity index (χ2n) is 17.3. The van der Waals surface area contributed by atoms with Crippen LogP contribution < -0.4 is 26.6 Å². The molecule has 0 saturated carbocycles. The van der Waals surface area contributed by atoms with Crippen molar-refractivity contribution >= 4 is 60.2 Å². The molecule has 23 heteroatoms. The van der Waals surface area contributed by atoms with Gasteiger partial charge in [-0.1, -0.05) is 111 Å². The molecule has 0 aliphatic heterocycles. The molecule has 0 fully saturated rings. The first-order valence-electron chi connectivity index (χ1n) is 25.9. The van der Waals surface area contributed by atoms with Gasteiger partial charge in [-0.3, -0.25) is 33.6 Å². The van der Waals surface area contributed by atoms with E-state index in [4.69, 9.17) is 34.0 Å². The zero-order valence-corrected chi connectivity index (χ0v) is 44.1. The number of ether oxygens (including phenoxy) is 4. The quantitative estimate of drug-likeness (QED) is 0.0305. The Kier molecular flexibility index (Phi) is 52.3. The van der Waals surface area contributed by atoms with E-state index < -0.39 is 47.8 Å². The molecule has 0 rings (SSSR count). The first kappa shape index (κ1) is 72.0. The van der Waals surface area contributed by atoms with Gasteiger partial charge in [0.1, 0.15) is 30.5 Å². The lowest BCUT2D eigenvalue weighted by Gasteiger charge is -2.17. The molecule has 424 valence electrons. The van der Waals surface area contributed by atoms with Crippen molar-refractivity contribution in [2.45, 2.75) is 187 Å². The fourth-order valence-electron chi connectivity index (χ4n) is 6.61. The normalized spacial score (nSPS) is 11.8. The topological polar surface area (TPSA) is 349 Å². The van der Waals surface area contributed by atoms with Gasteiger partial charge in [0.15, 0.2) is 0 Å². The number of carboxylic acids is 3. The average molecular weight is 1050 g/mol. The summed E-state index contributed by atoms with van der Waals surface area (Å²) in [5, 5.41) is 47.1. The van der Waals surface area contributed by atoms with Crippen molar-refractivity contribution in [2.75, 3.05) is 65.9 Å². The Morgan fingerprint density at radius 2 is 0.849 bits per heavy atom. The minimum atomic E-state index is -1.30. The highest BCUT2D eigenvalue weighted by Gasteiger charge is 2.25. The van der Waals surface area contributed by atoms with E-state index in [1.54, 1.807) is 13.8 Å². The maximum absolute atomic E-state index is 12.4. The van der Waals surface area contributed by atoms with E-state index in [9.17, 15) is 53.4 Å². The Morgan fingerprint density at radius 3 is 1.29 bits per heavy atom. The lowest BCUT2D eigenvalue weighted by atomic mass is 10.0. The van der Waals surface area contributed by atoms with Gasteiger partial charge in [0, 0.05) is 51.3 Å². The summed E-state index contributed by atoms with van der Waals surface area (Å²) in [5.74, 6) is -5.95. The Labute approximate surface area is 432 Å². The van der Waals surface area contributed by atoms with Gasteiger partial charge in [0.25, 0.3) is 6.47 Å². The molecule has 0 aromatic rings. The van der Waals surface area contributed by atoms with Gasteiger partial charge < -0.3 is 66.0 Å². The summed E-state index contributed by atoms with van der Waals surface area (Å²) >= 11 is 0. The SMILES string of the molecule is CC(C)C(=O)CC[C@H](NC(=O)COCCOCCNC=O)C(=O)O.CCCCCCCCCCCCCCCCCC(=O)N[C@@H](CCC(=O)NC(CCC(=O)NCCOCCOCC)C(=O)O)C(=O)O.O=CO. The second-order valence-corrected chi connectivity index (χ2v) is 17.3. The van der Waals surface area contributed by atoms with E-state index in [2.05, 4.69) is 33.5 Å². The predicted molar refractivity (Wildman–Crippen MR) is 271 cm³/mol. The van der Waals surface area contributed by atoms with Crippen molar-refractivity contribution in [2.24, 2.45) is 5.92 Å². The summed E-state index contributed by atoms with van der Waals surface area (Å²) in [6, 6.07) is -3.67. The van der Waals surface area contributed by atoms with E-state index in [-0.39, 0.29) is 101 Å². The summed E-state index contributed by atoms with van der Waals surface area (Å²) in [6.45, 7) is 10.2. The summed E-state index contributed by atoms with van der Waals surface area (Å²) < 4.78 is 20.6. The van der Waals surface area contributed by atoms with Crippen molar-refractivity contribution in [1.82, 2.24) is 26.6 Å². The minimum Gasteiger partial charge on any atom is -0.483 e. The average Bonchev–Trinajstić information content (AvgIpc) is 3.34. The fourth-order valence-corrected chi connectivity index (χ4v) is 6.61. The molecule has 1 unspecified atom stereocenters. The first-order valence-corrected chi connectivity index (χ1v) is 25.9. The summed E-state index contributed by atoms with van der Waals surface area (Å²) in [7, 11) is 0. The number of hydrogen-bond acceptors (Lipinski definition) is 14. The van der Waals surface area contributed by atoms with Crippen LogP contribution in [0.5, 0.6) is 0 Å². The van der Waals surface area contributed by atoms with Crippen LogP contribution in [-0.2, 0) is 66.9 Å². The molecule has 0 saturated heterocycles. The van der Waals surface area contributed by atoms with Gasteiger partial charge in [-0.05, 0) is 32.6 Å². The monoisotopic (exact) mass is 1050 g/mol. The van der Waals surface area contributed by atoms with E-state index in [1.165, 1.54) is 70.6 Å². The Morgan fingerprint density at radius 1 is 0.466 bits per heavy atom. The molecule has 0 bridgehead atoms. The lowest BCUT2D eigenvalue weighted by Crippen LogP contribution is -2.44. The van der Waals surface area contributed by atoms with Crippen molar-refractivity contribution in [1.29, 1.82) is 0 Å². The van der Waals surface area contributed by atoms with Crippen LogP contribution in [0.1, 0.15) is 169 Å². The van der Waals surface area contributed by atoms with E-state index in [1.807, 2.05) is 6.92 Å². The number of aliphatic carboxylic acids is 3. The number of amides is 5. The molecule has 0 heterocycles. The van der Waals surface area contributed by atoms with Gasteiger partial charge in [-0.2, -0.15) is 0 Å². The Hall–Kier alpha value is -5.26. The lowest BCUT2D eigenvalue weighted by molar-refractivity contribution is -0.143. The molecule has 5 amide bonds. The number of rotatable bonds is 48. The van der Waals surface area contributed by atoms with Gasteiger partial charge in [0.05, 0.1) is 39.6 Å². The summed E-state index contributed by atoms with van der Waals surface area (Å²) in [5.41, 5.74) is 0. The van der Waals surface area contributed by atoms with Gasteiger partial charge >= 0.3 is 17.9 Å². The van der Waals surface area contributed by atoms with E-state index in [0.29, 0.717) is 52.4 Å². The molecular weight excluding hydrogens is 959 g/mol. The van der Waals surface area contributed by atoms with Gasteiger partial charge in [0.2, 0.25) is 30.0 Å². The molecule has 0 radical (unpaired) electrons. The summed E-state index contributed by atoms with van der Waals surface area (Å²) in [6.07, 6.45) is 18.4. The highest BCUT2D eigenvalue weighted by molar-refractivity contribution is 5.87. The third-order valence-corrected chi connectivity index (χ3v) is 10.8. The fraction of sp³-hybridized carbons (Fsp3) is 0.800. The van der Waals surface area contributed by atoms with Crippen LogP contribution in [0.2, 0.25) is 0 Å². The largest absolute Gasteiger partial charge is 0.483 e. The molecule has 23 nitrogen and oxygen atoms in total. The van der Waals surface area contributed by atoms with Gasteiger partial charge in [-0.25, -0.2) is 14.4 Å². The molecule has 0 aliphatic carbocycles. The zero-order chi connectivity index (χ0) is 55.3. The number of carbonyl (C=O) groups is 10. The second kappa shape index (κ2) is 53.0. The smallest absolute Gasteiger partial charge is 0.326 e. The molecule has 0 aliphatic rings. The third-order valence-electron chi connectivity index (χ3n) is 10.8. The Balaban J connectivity index is -0.00000152. The highest BCUT2D eigenvalue weighted by Crippen LogP contribution is 2.14. The number of ketones is 1. The summed E-state index contributed by atoms with van der Waals surface area (Å²) in [4.78, 5) is 112. The molecule has 0 aromatic heterocycles. The van der Waals surface area contributed by atoms with E-state index >= 15 is 0 Å². The number of Topliss-reactive ketones (excluding diaryl/α,β-unsaturated/α-hetero) is 1. The molecule has 73 heavy (non-hydrogen) atoms. The van der Waals surface area contributed by atoms with Crippen molar-refractivity contribution in [3.8, 4) is 0 Å². The van der Waals surface area contributed by atoms with Gasteiger partial charge in [-0.15, -0.1) is 0 Å². The van der Waals surface area contributed by atoms with Crippen LogP contribution in [-0.4, -0.2) is 165 Å². The molecular formula is C50H91N5O18. The van der Waals surface area contributed by atoms with Crippen LogP contribution >= 0.6 is 0 Å². The zero-order valence-electron chi connectivity index (χ0n) is 44.1. The Bertz CT molecular complexity index is 1490. The maximum atomic E-state index is 12.4. The van der Waals surface area contributed by atoms with E-state index in [0.717, 1.165) is 19.3 Å². The first-order chi connectivity index (χ1) is 35.0.